The maximum absolute atomic E-state index is 3.47. The first-order valence-electron chi connectivity index (χ1n) is 3.76. The van der Waals surface area contributed by atoms with Gasteiger partial charge < -0.3 is 5.32 Å². The van der Waals surface area contributed by atoms with Crippen LogP contribution < -0.4 is 5.32 Å². The maximum Gasteiger partial charge on any atom is 0.0843 e. The van der Waals surface area contributed by atoms with Crippen LogP contribution in [0.15, 0.2) is 14.3 Å². The summed E-state index contributed by atoms with van der Waals surface area (Å²) in [5.74, 6) is 0. The second-order valence-corrected chi connectivity index (χ2v) is 6.18. The largest absolute Gasteiger partial charge is 0.310 e. The molecule has 0 amide bonds. The fourth-order valence-electron chi connectivity index (χ4n) is 0.783. The Labute approximate surface area is 93.8 Å². The molecular weight excluding hydrogens is 302 g/mol. The highest BCUT2D eigenvalue weighted by Gasteiger charge is 2.03. The zero-order valence-electron chi connectivity index (χ0n) is 7.03. The molecule has 1 N–H and O–H groups in total. The lowest BCUT2D eigenvalue weighted by Crippen LogP contribution is -2.21. The third kappa shape index (κ3) is 3.17. The summed E-state index contributed by atoms with van der Waals surface area (Å²) in [6.07, 6.45) is 0. The molecular formula is C8H11Br2NS. The molecule has 1 heterocycles. The summed E-state index contributed by atoms with van der Waals surface area (Å²) in [4.78, 5) is 1.35. The molecule has 0 aliphatic heterocycles. The zero-order chi connectivity index (χ0) is 9.14. The predicted octanol–water partition coefficient (Wildman–Crippen LogP) is 3.77. The Balaban J connectivity index is 2.53. The number of rotatable bonds is 3. The summed E-state index contributed by atoms with van der Waals surface area (Å²) in [6.45, 7) is 5.25. The highest BCUT2D eigenvalue weighted by Crippen LogP contribution is 2.32. The number of hydrogen-bond donors (Lipinski definition) is 1. The van der Waals surface area contributed by atoms with E-state index in [1.54, 1.807) is 11.3 Å². The van der Waals surface area contributed by atoms with Gasteiger partial charge in [-0.05, 0) is 37.9 Å². The van der Waals surface area contributed by atoms with Crippen molar-refractivity contribution in [2.75, 3.05) is 0 Å². The first-order valence-corrected chi connectivity index (χ1v) is 6.17. The van der Waals surface area contributed by atoms with Crippen LogP contribution >= 0.6 is 43.2 Å². The van der Waals surface area contributed by atoms with E-state index in [1.807, 2.05) is 0 Å². The maximum atomic E-state index is 3.47. The first-order chi connectivity index (χ1) is 5.59. The van der Waals surface area contributed by atoms with Crippen LogP contribution in [-0.2, 0) is 6.54 Å². The third-order valence-electron chi connectivity index (χ3n) is 1.38. The SMILES string of the molecule is CC(C)NCc1cc(Br)c(Br)s1. The minimum atomic E-state index is 0.546. The molecule has 0 saturated heterocycles. The van der Waals surface area contributed by atoms with E-state index in [9.17, 15) is 0 Å². The summed E-state index contributed by atoms with van der Waals surface area (Å²) in [5.41, 5.74) is 0. The van der Waals surface area contributed by atoms with Gasteiger partial charge in [0, 0.05) is 21.9 Å². The molecule has 0 radical (unpaired) electrons. The minimum absolute atomic E-state index is 0.546. The van der Waals surface area contributed by atoms with E-state index in [0.29, 0.717) is 6.04 Å². The molecule has 0 aromatic carbocycles. The van der Waals surface area contributed by atoms with Gasteiger partial charge in [-0.1, -0.05) is 13.8 Å². The van der Waals surface area contributed by atoms with Gasteiger partial charge in [-0.25, -0.2) is 0 Å². The van der Waals surface area contributed by atoms with E-state index in [2.05, 4.69) is 57.1 Å². The lowest BCUT2D eigenvalue weighted by Gasteiger charge is -2.04. The quantitative estimate of drug-likeness (QED) is 0.896. The Kier molecular flexibility index (Phi) is 4.23. The van der Waals surface area contributed by atoms with E-state index >= 15 is 0 Å². The molecule has 0 spiro atoms. The number of hydrogen-bond acceptors (Lipinski definition) is 2. The van der Waals surface area contributed by atoms with Gasteiger partial charge in [0.15, 0.2) is 0 Å². The van der Waals surface area contributed by atoms with E-state index in [4.69, 9.17) is 0 Å². The Morgan fingerprint density at radius 3 is 2.58 bits per heavy atom. The van der Waals surface area contributed by atoms with E-state index < -0.39 is 0 Å². The molecule has 0 saturated carbocycles. The van der Waals surface area contributed by atoms with Crippen molar-refractivity contribution in [3.05, 3.63) is 19.2 Å². The Bertz CT molecular complexity index is 238. The van der Waals surface area contributed by atoms with E-state index in [1.165, 1.54) is 8.66 Å². The van der Waals surface area contributed by atoms with Gasteiger partial charge in [-0.3, -0.25) is 0 Å². The summed E-state index contributed by atoms with van der Waals surface area (Å²) in [5, 5.41) is 3.37. The van der Waals surface area contributed by atoms with Gasteiger partial charge in [0.1, 0.15) is 0 Å². The van der Waals surface area contributed by atoms with Crippen molar-refractivity contribution in [2.24, 2.45) is 0 Å². The molecule has 1 aromatic rings. The van der Waals surface area contributed by atoms with Crippen molar-refractivity contribution >= 4 is 43.2 Å². The highest BCUT2D eigenvalue weighted by molar-refractivity contribution is 9.13. The normalized spacial score (nSPS) is 11.1. The molecule has 0 atom stereocenters. The van der Waals surface area contributed by atoms with Crippen LogP contribution in [0.25, 0.3) is 0 Å². The average Bonchev–Trinajstić information content (AvgIpc) is 2.28. The second kappa shape index (κ2) is 4.74. The average molecular weight is 313 g/mol. The molecule has 1 rings (SSSR count). The molecule has 4 heteroatoms. The van der Waals surface area contributed by atoms with Crippen LogP contribution in [0.3, 0.4) is 0 Å². The van der Waals surface area contributed by atoms with Crippen LogP contribution in [0.1, 0.15) is 18.7 Å². The third-order valence-corrected chi connectivity index (χ3v) is 4.64. The zero-order valence-corrected chi connectivity index (χ0v) is 11.0. The first kappa shape index (κ1) is 10.7. The van der Waals surface area contributed by atoms with Crippen molar-refractivity contribution in [3.63, 3.8) is 0 Å². The van der Waals surface area contributed by atoms with Crippen molar-refractivity contribution < 1.29 is 0 Å². The molecule has 0 unspecified atom stereocenters. The lowest BCUT2D eigenvalue weighted by atomic mass is 10.4. The molecule has 0 aliphatic carbocycles. The summed E-state index contributed by atoms with van der Waals surface area (Å²) >= 11 is 8.69. The number of nitrogens with one attached hydrogen (secondary N) is 1. The van der Waals surface area contributed by atoms with Gasteiger partial charge >= 0.3 is 0 Å². The van der Waals surface area contributed by atoms with Crippen LogP contribution in [0.4, 0.5) is 0 Å². The van der Waals surface area contributed by atoms with Gasteiger partial charge in [0.05, 0.1) is 3.79 Å². The molecule has 68 valence electrons. The van der Waals surface area contributed by atoms with Crippen LogP contribution in [0, 0.1) is 0 Å². The summed E-state index contributed by atoms with van der Waals surface area (Å²) in [6, 6.07) is 2.69. The summed E-state index contributed by atoms with van der Waals surface area (Å²) in [7, 11) is 0. The number of halogens is 2. The Morgan fingerprint density at radius 1 is 1.50 bits per heavy atom. The lowest BCUT2D eigenvalue weighted by molar-refractivity contribution is 0.593. The monoisotopic (exact) mass is 311 g/mol. The predicted molar refractivity (Wildman–Crippen MR) is 61.7 cm³/mol. The minimum Gasteiger partial charge on any atom is -0.310 e. The molecule has 0 bridgehead atoms. The van der Waals surface area contributed by atoms with E-state index in [-0.39, 0.29) is 0 Å². The van der Waals surface area contributed by atoms with Crippen molar-refractivity contribution in [1.29, 1.82) is 0 Å². The Morgan fingerprint density at radius 2 is 2.17 bits per heavy atom. The van der Waals surface area contributed by atoms with Gasteiger partial charge in [0.2, 0.25) is 0 Å². The fourth-order valence-corrected chi connectivity index (χ4v) is 2.91. The van der Waals surface area contributed by atoms with E-state index in [0.717, 1.165) is 11.0 Å². The van der Waals surface area contributed by atoms with Crippen molar-refractivity contribution in [3.8, 4) is 0 Å². The smallest absolute Gasteiger partial charge is 0.0843 e. The summed E-state index contributed by atoms with van der Waals surface area (Å²) < 4.78 is 2.32. The van der Waals surface area contributed by atoms with Crippen LogP contribution in [-0.4, -0.2) is 6.04 Å². The van der Waals surface area contributed by atoms with Crippen molar-refractivity contribution in [1.82, 2.24) is 5.32 Å². The Hall–Kier alpha value is 0.620. The molecule has 0 aliphatic rings. The van der Waals surface area contributed by atoms with Crippen LogP contribution in [0.5, 0.6) is 0 Å². The van der Waals surface area contributed by atoms with Gasteiger partial charge in [0.25, 0.3) is 0 Å². The fraction of sp³-hybridized carbons (Fsp3) is 0.500. The van der Waals surface area contributed by atoms with Crippen LogP contribution in [0.2, 0.25) is 0 Å². The topological polar surface area (TPSA) is 12.0 Å². The number of thiophene rings is 1. The standard InChI is InChI=1S/C8H11Br2NS/c1-5(2)11-4-6-3-7(9)8(10)12-6/h3,5,11H,4H2,1-2H3. The van der Waals surface area contributed by atoms with Gasteiger partial charge in [-0.2, -0.15) is 0 Å². The van der Waals surface area contributed by atoms with Gasteiger partial charge in [-0.15, -0.1) is 11.3 Å². The molecule has 12 heavy (non-hydrogen) atoms. The molecule has 1 aromatic heterocycles. The highest BCUT2D eigenvalue weighted by atomic mass is 79.9. The van der Waals surface area contributed by atoms with Crippen molar-refractivity contribution in [2.45, 2.75) is 26.4 Å². The second-order valence-electron chi connectivity index (χ2n) is 2.87. The molecule has 1 nitrogen and oxygen atoms in total. The molecule has 0 fully saturated rings.